The maximum atomic E-state index is 14.7. The minimum Gasteiger partial charge on any atom is -0.481 e. The highest BCUT2D eigenvalue weighted by Crippen LogP contribution is 2.29. The van der Waals surface area contributed by atoms with Gasteiger partial charge in [-0.25, -0.2) is 4.98 Å². The highest BCUT2D eigenvalue weighted by Gasteiger charge is 2.44. The number of carboxylic acids is 1. The molecule has 16 heteroatoms. The molecule has 2 aliphatic heterocycles. The molecule has 57 heavy (non-hydrogen) atoms. The number of thiazole rings is 1. The Morgan fingerprint density at radius 3 is 2.21 bits per heavy atom. The van der Waals surface area contributed by atoms with Gasteiger partial charge in [0.05, 0.1) is 25.0 Å². The number of hydrogen-bond donors (Lipinski definition) is 6. The van der Waals surface area contributed by atoms with Crippen molar-refractivity contribution >= 4 is 52.7 Å². The lowest BCUT2D eigenvalue weighted by atomic mass is 9.83. The number of carbonyl (C=O) groups is 6. The second-order valence-corrected chi connectivity index (χ2v) is 18.6. The standard InChI is InChI=1S/C41H60N8O7S/c1-22(2)29-35(53)48-32(40(5,6)7)34(43-21-27(50)49-18-16-23(3)31(49)37(55)45-29)47-33(41(8,9)10)38(56)46-30(24(4)25-14-12-11-13-15-25)36(54)44-26(20-28(51)52)39-42-17-19-57-39/h11-15,17,19,22-24,26,29-33H,16,18,20-21H2,1-10H3,(H,43,47)(H,44,54)(H,45,55)(H,46,56)(H,48,53)(H,51,52)/t23-,24+,26-,29+,30?,31+,32?,33?/m1/s1. The minimum absolute atomic E-state index is 0.124. The number of amides is 5. The van der Waals surface area contributed by atoms with Crippen LogP contribution in [0.1, 0.15) is 105 Å². The van der Waals surface area contributed by atoms with Gasteiger partial charge in [0.1, 0.15) is 35.0 Å². The number of carbonyl (C=O) groups excluding carboxylic acids is 5. The maximum Gasteiger partial charge on any atom is 0.305 e. The zero-order valence-electron chi connectivity index (χ0n) is 34.7. The molecule has 0 aliphatic carbocycles. The van der Waals surface area contributed by atoms with Crippen LogP contribution >= 0.6 is 11.3 Å². The average molecular weight is 809 g/mol. The second-order valence-electron chi connectivity index (χ2n) is 17.7. The van der Waals surface area contributed by atoms with Crippen molar-refractivity contribution in [1.82, 2.24) is 36.5 Å². The van der Waals surface area contributed by atoms with Crippen molar-refractivity contribution in [3.63, 3.8) is 0 Å². The van der Waals surface area contributed by atoms with Gasteiger partial charge in [-0.3, -0.25) is 33.8 Å². The normalized spacial score (nSPS) is 23.8. The van der Waals surface area contributed by atoms with Crippen LogP contribution in [0.15, 0.2) is 46.9 Å². The summed E-state index contributed by atoms with van der Waals surface area (Å²) in [6.45, 7) is 18.7. The lowest BCUT2D eigenvalue weighted by Crippen LogP contribution is -2.63. The number of nitrogens with one attached hydrogen (secondary N) is 5. The van der Waals surface area contributed by atoms with Crippen LogP contribution in [-0.4, -0.2) is 99.6 Å². The van der Waals surface area contributed by atoms with Crippen LogP contribution in [0.25, 0.3) is 0 Å². The molecule has 0 radical (unpaired) electrons. The van der Waals surface area contributed by atoms with Gasteiger partial charge in [-0.15, -0.1) is 11.3 Å². The van der Waals surface area contributed by atoms with Gasteiger partial charge < -0.3 is 36.6 Å². The summed E-state index contributed by atoms with van der Waals surface area (Å²) in [5, 5.41) is 26.8. The van der Waals surface area contributed by atoms with Gasteiger partial charge >= 0.3 is 5.97 Å². The molecular formula is C41H60N8O7S. The molecule has 2 aliphatic rings. The van der Waals surface area contributed by atoms with Crippen LogP contribution in [-0.2, 0) is 28.8 Å². The van der Waals surface area contributed by atoms with Crippen LogP contribution in [0.4, 0.5) is 0 Å². The van der Waals surface area contributed by atoms with Crippen molar-refractivity contribution < 1.29 is 33.9 Å². The van der Waals surface area contributed by atoms with E-state index in [2.05, 4.69) is 31.6 Å². The van der Waals surface area contributed by atoms with E-state index in [1.165, 1.54) is 17.5 Å². The Morgan fingerprint density at radius 2 is 1.65 bits per heavy atom. The van der Waals surface area contributed by atoms with Crippen molar-refractivity contribution in [2.24, 2.45) is 27.7 Å². The van der Waals surface area contributed by atoms with E-state index in [-0.39, 0.29) is 36.0 Å². The number of hydrogen-bond acceptors (Lipinski definition) is 9. The summed E-state index contributed by atoms with van der Waals surface area (Å²) < 4.78 is 0. The highest BCUT2D eigenvalue weighted by molar-refractivity contribution is 7.09. The van der Waals surface area contributed by atoms with E-state index >= 15 is 0 Å². The molecule has 0 bridgehead atoms. The summed E-state index contributed by atoms with van der Waals surface area (Å²) in [6, 6.07) is 3.40. The summed E-state index contributed by atoms with van der Waals surface area (Å²) in [7, 11) is 0. The summed E-state index contributed by atoms with van der Waals surface area (Å²) in [6.07, 6.45) is 1.73. The first kappa shape index (κ1) is 44.8. The van der Waals surface area contributed by atoms with E-state index in [0.717, 1.165) is 5.56 Å². The Bertz CT molecular complexity index is 1790. The van der Waals surface area contributed by atoms with E-state index in [1.807, 2.05) is 92.6 Å². The van der Waals surface area contributed by atoms with Gasteiger partial charge in [0.25, 0.3) is 0 Å². The van der Waals surface area contributed by atoms with Crippen molar-refractivity contribution in [2.75, 3.05) is 13.1 Å². The Morgan fingerprint density at radius 1 is 0.982 bits per heavy atom. The first-order chi connectivity index (χ1) is 26.6. The molecule has 3 heterocycles. The molecule has 2 fully saturated rings. The van der Waals surface area contributed by atoms with E-state index in [4.69, 9.17) is 4.99 Å². The fourth-order valence-electron chi connectivity index (χ4n) is 7.24. The van der Waals surface area contributed by atoms with E-state index in [9.17, 15) is 33.9 Å². The number of fused-ring (bicyclic) bond motifs is 1. The second kappa shape index (κ2) is 18.6. The van der Waals surface area contributed by atoms with Gasteiger partial charge in [-0.05, 0) is 34.7 Å². The van der Waals surface area contributed by atoms with E-state index < -0.39 is 83.1 Å². The summed E-state index contributed by atoms with van der Waals surface area (Å²) in [5.74, 6) is -4.25. The summed E-state index contributed by atoms with van der Waals surface area (Å²) in [4.78, 5) is 93.1. The molecule has 2 saturated heterocycles. The molecule has 1 aromatic carbocycles. The Labute approximate surface area is 339 Å². The predicted octanol–water partition coefficient (Wildman–Crippen LogP) is 3.39. The maximum absolute atomic E-state index is 14.7. The lowest BCUT2D eigenvalue weighted by molar-refractivity contribution is -0.140. The first-order valence-electron chi connectivity index (χ1n) is 19.6. The Balaban J connectivity index is 1.79. The van der Waals surface area contributed by atoms with Crippen LogP contribution in [0.5, 0.6) is 0 Å². The number of amidine groups is 1. The topological polar surface area (TPSA) is 211 Å². The quantitative estimate of drug-likeness (QED) is 0.196. The van der Waals surface area contributed by atoms with Crippen LogP contribution < -0.4 is 26.6 Å². The van der Waals surface area contributed by atoms with Crippen LogP contribution in [0.2, 0.25) is 0 Å². The first-order valence-corrected chi connectivity index (χ1v) is 20.5. The predicted molar refractivity (Wildman–Crippen MR) is 218 cm³/mol. The fraction of sp³-hybridized carbons (Fsp3) is 0.610. The van der Waals surface area contributed by atoms with E-state index in [0.29, 0.717) is 18.0 Å². The van der Waals surface area contributed by atoms with Crippen LogP contribution in [0.3, 0.4) is 0 Å². The number of aliphatic imine (C=N–C) groups is 1. The number of aromatic nitrogens is 1. The molecule has 2 aromatic rings. The molecule has 0 spiro atoms. The van der Waals surface area contributed by atoms with Gasteiger partial charge in [0.15, 0.2) is 0 Å². The van der Waals surface area contributed by atoms with Crippen molar-refractivity contribution in [3.05, 3.63) is 52.5 Å². The molecule has 312 valence electrons. The van der Waals surface area contributed by atoms with Crippen molar-refractivity contribution in [2.45, 2.75) is 124 Å². The monoisotopic (exact) mass is 808 g/mol. The summed E-state index contributed by atoms with van der Waals surface area (Å²) >= 11 is 1.21. The Kier molecular flexibility index (Phi) is 14.6. The molecule has 6 N–H and O–H groups in total. The molecule has 3 unspecified atom stereocenters. The molecule has 8 atom stereocenters. The van der Waals surface area contributed by atoms with Crippen molar-refractivity contribution in [3.8, 4) is 0 Å². The minimum atomic E-state index is -1.17. The SMILES string of the molecule is CC(C)[C@@H]1NC(=O)[C@@H]2[C@H](C)CCN2C(=O)CN/C(=N\C(C(=O)NC(C(=O)N[C@H](CC(=O)O)c2nccs2)[C@@H](C)c2ccccc2)C(C)(C)C)C(C(C)(C)C)NC1=O. The fourth-order valence-corrected chi connectivity index (χ4v) is 7.93. The van der Waals surface area contributed by atoms with Gasteiger partial charge in [0, 0.05) is 24.0 Å². The highest BCUT2D eigenvalue weighted by atomic mass is 32.1. The third-order valence-electron chi connectivity index (χ3n) is 10.6. The van der Waals surface area contributed by atoms with Gasteiger partial charge in [-0.2, -0.15) is 0 Å². The van der Waals surface area contributed by atoms with Crippen molar-refractivity contribution in [1.29, 1.82) is 0 Å². The smallest absolute Gasteiger partial charge is 0.305 e. The summed E-state index contributed by atoms with van der Waals surface area (Å²) in [5.41, 5.74) is -0.799. The molecule has 5 amide bonds. The molecule has 4 rings (SSSR count). The lowest BCUT2D eigenvalue weighted by Gasteiger charge is -2.38. The molecule has 15 nitrogen and oxygen atoms in total. The van der Waals surface area contributed by atoms with Gasteiger partial charge in [0.2, 0.25) is 29.5 Å². The molecule has 1 aromatic heterocycles. The van der Waals surface area contributed by atoms with E-state index in [1.54, 1.807) is 17.2 Å². The molecule has 0 saturated carbocycles. The average Bonchev–Trinajstić information content (AvgIpc) is 3.80. The third-order valence-corrected chi connectivity index (χ3v) is 11.5. The van der Waals surface area contributed by atoms with Gasteiger partial charge in [-0.1, -0.05) is 99.6 Å². The number of carboxylic acid groups (broad SMARTS) is 1. The Hall–Kier alpha value is -4.86. The van der Waals surface area contributed by atoms with Crippen LogP contribution in [0, 0.1) is 22.7 Å². The molecular weight excluding hydrogens is 749 g/mol. The number of aliphatic carboxylic acids is 1. The number of benzene rings is 1. The largest absolute Gasteiger partial charge is 0.481 e. The third kappa shape index (κ3) is 11.4. The zero-order valence-corrected chi connectivity index (χ0v) is 35.5. The number of rotatable bonds is 11. The number of nitrogens with zero attached hydrogens (tertiary/aromatic N) is 3. The zero-order chi connectivity index (χ0) is 42.4.